The maximum atomic E-state index is 12.9. The van der Waals surface area contributed by atoms with Gasteiger partial charge < -0.3 is 19.9 Å². The lowest BCUT2D eigenvalue weighted by Crippen LogP contribution is -2.48. The first-order chi connectivity index (χ1) is 20.0. The lowest BCUT2D eigenvalue weighted by atomic mass is 10.1. The van der Waals surface area contributed by atoms with Crippen molar-refractivity contribution >= 4 is 40.5 Å². The number of nitrogens with one attached hydrogen (secondary N) is 2. The molecule has 2 N–H and O–H groups in total. The zero-order valence-electron chi connectivity index (χ0n) is 22.9. The summed E-state index contributed by atoms with van der Waals surface area (Å²) < 4.78 is 5.79. The number of thiocarbonyl (C=S) groups is 1. The van der Waals surface area contributed by atoms with Crippen molar-refractivity contribution in [1.82, 2.24) is 10.2 Å². The number of carbonyl (C=O) groups is 2. The van der Waals surface area contributed by atoms with Crippen molar-refractivity contribution in [2.45, 2.75) is 13.5 Å². The summed E-state index contributed by atoms with van der Waals surface area (Å²) in [6.07, 6.45) is 0. The number of carbonyl (C=O) groups excluding carboxylic acids is 2. The second-order valence-electron chi connectivity index (χ2n) is 9.85. The molecule has 0 atom stereocenters. The summed E-state index contributed by atoms with van der Waals surface area (Å²) in [7, 11) is 0. The Bertz CT molecular complexity index is 1500. The Morgan fingerprint density at radius 1 is 0.805 bits per heavy atom. The number of rotatable bonds is 7. The van der Waals surface area contributed by atoms with Gasteiger partial charge in [0.2, 0.25) is 0 Å². The van der Waals surface area contributed by atoms with Crippen molar-refractivity contribution in [1.29, 1.82) is 0 Å². The highest BCUT2D eigenvalue weighted by atomic mass is 32.1. The summed E-state index contributed by atoms with van der Waals surface area (Å²) in [5.41, 5.74) is 5.17. The van der Waals surface area contributed by atoms with Crippen LogP contribution in [-0.4, -0.2) is 48.0 Å². The second kappa shape index (κ2) is 13.1. The zero-order valence-corrected chi connectivity index (χ0v) is 23.7. The predicted octanol–water partition coefficient (Wildman–Crippen LogP) is 5.66. The van der Waals surface area contributed by atoms with E-state index in [1.807, 2.05) is 90.7 Å². The molecule has 4 aromatic carbocycles. The Morgan fingerprint density at radius 3 is 2.15 bits per heavy atom. The highest BCUT2D eigenvalue weighted by Crippen LogP contribution is 2.21. The van der Waals surface area contributed by atoms with Crippen LogP contribution < -0.4 is 20.3 Å². The van der Waals surface area contributed by atoms with Crippen molar-refractivity contribution in [2.24, 2.45) is 0 Å². The number of anilines is 2. The molecule has 41 heavy (non-hydrogen) atoms. The monoisotopic (exact) mass is 564 g/mol. The van der Waals surface area contributed by atoms with Gasteiger partial charge in [0.1, 0.15) is 12.4 Å². The van der Waals surface area contributed by atoms with E-state index >= 15 is 0 Å². The molecule has 8 heteroatoms. The molecule has 0 bridgehead atoms. The molecule has 2 amide bonds. The normalized spacial score (nSPS) is 12.9. The average molecular weight is 565 g/mol. The van der Waals surface area contributed by atoms with E-state index < -0.39 is 0 Å². The van der Waals surface area contributed by atoms with Crippen LogP contribution in [0.2, 0.25) is 0 Å². The third kappa shape index (κ3) is 7.29. The van der Waals surface area contributed by atoms with Crippen molar-refractivity contribution in [3.8, 4) is 5.75 Å². The lowest BCUT2D eigenvalue weighted by molar-refractivity contribution is 0.0746. The van der Waals surface area contributed by atoms with Crippen LogP contribution in [0.25, 0.3) is 0 Å². The number of piperazine rings is 1. The number of amides is 2. The molecule has 5 rings (SSSR count). The van der Waals surface area contributed by atoms with Gasteiger partial charge in [-0.05, 0) is 84.9 Å². The summed E-state index contributed by atoms with van der Waals surface area (Å²) in [6, 6.07) is 32.5. The quantitative estimate of drug-likeness (QED) is 0.282. The van der Waals surface area contributed by atoms with E-state index in [9.17, 15) is 9.59 Å². The van der Waals surface area contributed by atoms with Gasteiger partial charge in [-0.2, -0.15) is 0 Å². The highest BCUT2D eigenvalue weighted by Gasteiger charge is 2.23. The van der Waals surface area contributed by atoms with Gasteiger partial charge in [0.05, 0.1) is 0 Å². The van der Waals surface area contributed by atoms with E-state index in [-0.39, 0.29) is 16.9 Å². The van der Waals surface area contributed by atoms with Gasteiger partial charge in [0, 0.05) is 48.7 Å². The molecule has 0 aromatic heterocycles. The standard InChI is InChI=1S/C33H32N4O3S/c1-24-7-5-6-10-30(24)32(39)37-21-19-36(20-22-37)28-15-13-27(14-16-28)34-33(41)35-31(38)26-11-17-29(18-12-26)40-23-25-8-3-2-4-9-25/h2-18H,19-23H2,1H3,(H2,34,35,38,41). The van der Waals surface area contributed by atoms with E-state index in [0.717, 1.165) is 41.2 Å². The van der Waals surface area contributed by atoms with Gasteiger partial charge in [-0.25, -0.2) is 0 Å². The molecule has 4 aromatic rings. The number of hydrogen-bond donors (Lipinski definition) is 2. The van der Waals surface area contributed by atoms with Crippen LogP contribution >= 0.6 is 12.2 Å². The first-order valence-corrected chi connectivity index (χ1v) is 14.0. The minimum absolute atomic E-state index is 0.0881. The highest BCUT2D eigenvalue weighted by molar-refractivity contribution is 7.80. The zero-order chi connectivity index (χ0) is 28.6. The van der Waals surface area contributed by atoms with Gasteiger partial charge in [0.15, 0.2) is 5.11 Å². The molecule has 1 fully saturated rings. The Kier molecular flexibility index (Phi) is 8.91. The minimum atomic E-state index is -0.299. The molecular weight excluding hydrogens is 532 g/mol. The van der Waals surface area contributed by atoms with E-state index in [2.05, 4.69) is 15.5 Å². The molecule has 208 valence electrons. The largest absolute Gasteiger partial charge is 0.489 e. The molecule has 0 saturated carbocycles. The van der Waals surface area contributed by atoms with Gasteiger partial charge in [-0.1, -0.05) is 48.5 Å². The Labute approximate surface area is 245 Å². The summed E-state index contributed by atoms with van der Waals surface area (Å²) in [4.78, 5) is 29.8. The van der Waals surface area contributed by atoms with Crippen LogP contribution in [0.15, 0.2) is 103 Å². The van der Waals surface area contributed by atoms with Gasteiger partial charge in [-0.15, -0.1) is 0 Å². The van der Waals surface area contributed by atoms with Crippen LogP contribution in [0, 0.1) is 6.92 Å². The molecule has 1 heterocycles. The SMILES string of the molecule is Cc1ccccc1C(=O)N1CCN(c2ccc(NC(=S)NC(=O)c3ccc(OCc4ccccc4)cc3)cc2)CC1. The van der Waals surface area contributed by atoms with E-state index in [1.165, 1.54) is 0 Å². The third-order valence-electron chi connectivity index (χ3n) is 7.02. The van der Waals surface area contributed by atoms with Crippen LogP contribution in [0.5, 0.6) is 5.75 Å². The number of benzene rings is 4. The predicted molar refractivity (Wildman–Crippen MR) is 167 cm³/mol. The van der Waals surface area contributed by atoms with Gasteiger partial charge in [0.25, 0.3) is 11.8 Å². The Balaban J connectivity index is 1.08. The molecule has 0 radical (unpaired) electrons. The first-order valence-electron chi connectivity index (χ1n) is 13.6. The van der Waals surface area contributed by atoms with Gasteiger partial charge >= 0.3 is 0 Å². The van der Waals surface area contributed by atoms with E-state index in [4.69, 9.17) is 17.0 Å². The molecule has 0 spiro atoms. The molecule has 1 saturated heterocycles. The van der Waals surface area contributed by atoms with Crippen LogP contribution in [0.1, 0.15) is 31.8 Å². The molecule has 1 aliphatic rings. The molecule has 7 nitrogen and oxygen atoms in total. The summed E-state index contributed by atoms with van der Waals surface area (Å²) in [6.45, 7) is 5.29. The molecule has 0 aliphatic carbocycles. The summed E-state index contributed by atoms with van der Waals surface area (Å²) >= 11 is 5.36. The van der Waals surface area contributed by atoms with Crippen LogP contribution in [-0.2, 0) is 6.61 Å². The topological polar surface area (TPSA) is 73.9 Å². The Morgan fingerprint density at radius 2 is 1.46 bits per heavy atom. The number of nitrogens with zero attached hydrogens (tertiary/aromatic N) is 2. The van der Waals surface area contributed by atoms with Crippen molar-refractivity contribution < 1.29 is 14.3 Å². The third-order valence-corrected chi connectivity index (χ3v) is 7.23. The van der Waals surface area contributed by atoms with Crippen molar-refractivity contribution in [3.63, 3.8) is 0 Å². The van der Waals surface area contributed by atoms with Crippen LogP contribution in [0.4, 0.5) is 11.4 Å². The number of hydrogen-bond acceptors (Lipinski definition) is 5. The fraction of sp³-hybridized carbons (Fsp3) is 0.182. The Hall–Kier alpha value is -4.69. The number of ether oxygens (including phenoxy) is 1. The van der Waals surface area contributed by atoms with Crippen LogP contribution in [0.3, 0.4) is 0 Å². The lowest BCUT2D eigenvalue weighted by Gasteiger charge is -2.36. The molecule has 0 unspecified atom stereocenters. The maximum Gasteiger partial charge on any atom is 0.257 e. The number of aryl methyl sites for hydroxylation is 1. The average Bonchev–Trinajstić information content (AvgIpc) is 3.01. The smallest absolute Gasteiger partial charge is 0.257 e. The van der Waals surface area contributed by atoms with Crippen molar-refractivity contribution in [2.75, 3.05) is 36.4 Å². The molecular formula is C33H32N4O3S. The fourth-order valence-corrected chi connectivity index (χ4v) is 4.90. The maximum absolute atomic E-state index is 12.9. The minimum Gasteiger partial charge on any atom is -0.489 e. The van der Waals surface area contributed by atoms with Gasteiger partial charge in [-0.3, -0.25) is 14.9 Å². The summed E-state index contributed by atoms with van der Waals surface area (Å²) in [5, 5.41) is 6.01. The second-order valence-corrected chi connectivity index (χ2v) is 10.3. The van der Waals surface area contributed by atoms with E-state index in [0.29, 0.717) is 31.0 Å². The summed E-state index contributed by atoms with van der Waals surface area (Å²) in [5.74, 6) is 0.475. The first kappa shape index (κ1) is 27.9. The van der Waals surface area contributed by atoms with E-state index in [1.54, 1.807) is 24.3 Å². The van der Waals surface area contributed by atoms with Crippen molar-refractivity contribution in [3.05, 3.63) is 125 Å². The molecule has 1 aliphatic heterocycles. The fourth-order valence-electron chi connectivity index (χ4n) is 4.69.